The Morgan fingerprint density at radius 3 is 2.59 bits per heavy atom. The molecule has 1 saturated heterocycles. The molecule has 0 spiro atoms. The molecule has 11 heteroatoms. The lowest BCUT2D eigenvalue weighted by Crippen LogP contribution is -2.47. The third kappa shape index (κ3) is 5.71. The monoisotopic (exact) mass is 475 g/mol. The van der Waals surface area contributed by atoms with Crippen molar-refractivity contribution in [1.82, 2.24) is 20.9 Å². The number of hydrogen-bond acceptors (Lipinski definition) is 6. The molecular formula is C23H31F2N7O2. The van der Waals surface area contributed by atoms with Crippen molar-refractivity contribution < 1.29 is 18.3 Å². The highest BCUT2D eigenvalue weighted by Crippen LogP contribution is 2.26. The van der Waals surface area contributed by atoms with Gasteiger partial charge in [0.15, 0.2) is 11.6 Å². The maximum Gasteiger partial charge on any atom is 0.317 e. The van der Waals surface area contributed by atoms with Crippen LogP contribution < -0.4 is 21.3 Å². The Labute approximate surface area is 197 Å². The number of nitrogens with zero attached hydrogens (tertiary/aromatic N) is 1. The fourth-order valence-corrected chi connectivity index (χ4v) is 4.00. The fourth-order valence-electron chi connectivity index (χ4n) is 4.00. The summed E-state index contributed by atoms with van der Waals surface area (Å²) in [5, 5.41) is 27.5. The Hall–Kier alpha value is -3.47. The van der Waals surface area contributed by atoms with Gasteiger partial charge in [0.25, 0.3) is 0 Å². The minimum absolute atomic E-state index is 0.0662. The fraction of sp³-hybridized carbons (Fsp3) is 0.435. The molecule has 1 aromatic carbocycles. The molecular weight excluding hydrogens is 444 g/mol. The smallest absolute Gasteiger partial charge is 0.317 e. The second-order valence-corrected chi connectivity index (χ2v) is 8.04. The summed E-state index contributed by atoms with van der Waals surface area (Å²) in [6, 6.07) is 2.61. The topological polar surface area (TPSA) is 125 Å². The van der Waals surface area contributed by atoms with Crippen LogP contribution in [-0.4, -0.2) is 69.4 Å². The third-order valence-electron chi connectivity index (χ3n) is 5.86. The number of hydrogen-bond donors (Lipinski definition) is 6. The first-order chi connectivity index (χ1) is 16.4. The number of carbonyl (C=O) groups excluding carboxylic acids is 1. The van der Waals surface area contributed by atoms with Gasteiger partial charge in [0.05, 0.1) is 12.2 Å². The summed E-state index contributed by atoms with van der Waals surface area (Å²) < 4.78 is 35.0. The quantitative estimate of drug-likeness (QED) is 0.267. The van der Waals surface area contributed by atoms with E-state index in [2.05, 4.69) is 21.3 Å². The Balaban J connectivity index is 1.87. The molecule has 2 amide bonds. The van der Waals surface area contributed by atoms with Gasteiger partial charge < -0.3 is 36.3 Å². The van der Waals surface area contributed by atoms with Crippen molar-refractivity contribution in [3.05, 3.63) is 46.8 Å². The number of amidine groups is 1. The van der Waals surface area contributed by atoms with Crippen LogP contribution in [0.15, 0.2) is 29.6 Å². The van der Waals surface area contributed by atoms with Crippen LogP contribution in [0.1, 0.15) is 24.8 Å². The molecule has 2 aliphatic rings. The number of nitrogens with one attached hydrogen (secondary N) is 6. The van der Waals surface area contributed by atoms with E-state index in [1.807, 2.05) is 0 Å². The number of amides is 2. The van der Waals surface area contributed by atoms with Gasteiger partial charge in [0.1, 0.15) is 5.84 Å². The number of anilines is 1. The van der Waals surface area contributed by atoms with Crippen LogP contribution in [-0.2, 0) is 4.74 Å². The second kappa shape index (κ2) is 11.6. The van der Waals surface area contributed by atoms with Crippen molar-refractivity contribution in [2.75, 3.05) is 45.7 Å². The number of halogens is 2. The predicted octanol–water partition coefficient (Wildman–Crippen LogP) is 2.63. The third-order valence-corrected chi connectivity index (χ3v) is 5.86. The van der Waals surface area contributed by atoms with Gasteiger partial charge in [-0.05, 0) is 25.0 Å². The van der Waals surface area contributed by atoms with Crippen molar-refractivity contribution in [2.24, 2.45) is 0 Å². The maximum absolute atomic E-state index is 14.9. The number of carbonyl (C=O) groups is 1. The molecule has 0 aromatic heterocycles. The van der Waals surface area contributed by atoms with Crippen LogP contribution in [0.2, 0.25) is 0 Å². The van der Waals surface area contributed by atoms with Crippen molar-refractivity contribution in [1.29, 1.82) is 10.8 Å². The van der Waals surface area contributed by atoms with Gasteiger partial charge in [-0.25, -0.2) is 13.6 Å². The number of ether oxygens (including phenoxy) is 1. The van der Waals surface area contributed by atoms with E-state index >= 15 is 0 Å². The van der Waals surface area contributed by atoms with E-state index in [4.69, 9.17) is 15.6 Å². The Kier molecular flexibility index (Phi) is 8.58. The first-order valence-corrected chi connectivity index (χ1v) is 11.1. The molecule has 2 heterocycles. The lowest BCUT2D eigenvalue weighted by atomic mass is 10.0. The second-order valence-electron chi connectivity index (χ2n) is 8.04. The van der Waals surface area contributed by atoms with Gasteiger partial charge in [-0.15, -0.1) is 0 Å². The lowest BCUT2D eigenvalue weighted by Gasteiger charge is -2.34. The van der Waals surface area contributed by atoms with Crippen LogP contribution >= 0.6 is 0 Å². The van der Waals surface area contributed by atoms with Crippen LogP contribution in [0, 0.1) is 22.5 Å². The van der Waals surface area contributed by atoms with E-state index < -0.39 is 11.6 Å². The van der Waals surface area contributed by atoms with Gasteiger partial charge in [-0.2, -0.15) is 0 Å². The molecule has 1 aromatic rings. The van der Waals surface area contributed by atoms with E-state index in [0.29, 0.717) is 31.8 Å². The van der Waals surface area contributed by atoms with E-state index in [1.165, 1.54) is 25.4 Å². The average molecular weight is 476 g/mol. The number of urea groups is 1. The van der Waals surface area contributed by atoms with Crippen molar-refractivity contribution in [3.63, 3.8) is 0 Å². The summed E-state index contributed by atoms with van der Waals surface area (Å²) in [6.45, 7) is 1.93. The molecule has 6 N–H and O–H groups in total. The normalized spacial score (nSPS) is 17.3. The highest BCUT2D eigenvalue weighted by Gasteiger charge is 2.27. The number of allylic oxidation sites excluding steroid dienone is 1. The summed E-state index contributed by atoms with van der Waals surface area (Å²) in [5.41, 5.74) is 1.24. The van der Waals surface area contributed by atoms with Gasteiger partial charge in [-0.3, -0.25) is 5.41 Å². The summed E-state index contributed by atoms with van der Waals surface area (Å²) >= 11 is 0. The number of benzene rings is 1. The highest BCUT2D eigenvalue weighted by molar-refractivity contribution is 6.09. The average Bonchev–Trinajstić information content (AvgIpc) is 2.86. The number of rotatable bonds is 7. The molecule has 184 valence electrons. The molecule has 0 saturated carbocycles. The van der Waals surface area contributed by atoms with Crippen molar-refractivity contribution in [3.8, 4) is 0 Å². The molecule has 34 heavy (non-hydrogen) atoms. The first-order valence-electron chi connectivity index (χ1n) is 11.1. The molecule has 0 atom stereocenters. The summed E-state index contributed by atoms with van der Waals surface area (Å²) in [6.07, 6.45) is 4.49. The molecule has 0 unspecified atom stereocenters. The molecule has 1 fully saturated rings. The molecule has 2 aliphatic heterocycles. The summed E-state index contributed by atoms with van der Waals surface area (Å²) in [5.74, 6) is -2.38. The molecule has 0 aliphatic carbocycles. The van der Waals surface area contributed by atoms with Crippen LogP contribution in [0.4, 0.5) is 19.3 Å². The van der Waals surface area contributed by atoms with Gasteiger partial charge >= 0.3 is 6.03 Å². The summed E-state index contributed by atoms with van der Waals surface area (Å²) in [7, 11) is 3.14. The summed E-state index contributed by atoms with van der Waals surface area (Å²) in [4.78, 5) is 13.8. The zero-order valence-electron chi connectivity index (χ0n) is 19.4. The Morgan fingerprint density at radius 1 is 1.21 bits per heavy atom. The van der Waals surface area contributed by atoms with Crippen LogP contribution in [0.5, 0.6) is 0 Å². The van der Waals surface area contributed by atoms with Crippen LogP contribution in [0.25, 0.3) is 5.57 Å². The van der Waals surface area contributed by atoms with E-state index in [1.54, 1.807) is 11.9 Å². The van der Waals surface area contributed by atoms with Crippen molar-refractivity contribution in [2.45, 2.75) is 25.3 Å². The van der Waals surface area contributed by atoms with Crippen LogP contribution in [0.3, 0.4) is 0 Å². The molecule has 3 rings (SSSR count). The molecule has 0 radical (unpaired) electrons. The standard InChI is InChI=1S/C23H31F2N7O2/c1-28-12-14(11-26)16-3-4-19(21(25)20(16)24)31-22(27)17-13-32(23(33)29-2)8-5-18(17)30-15-6-9-34-10-7-15/h3-4,11-12,15,26,28,30H,5-10,13H2,1-2H3,(H2,27,31)(H,29,33)/b14-12+,26-11?. The minimum Gasteiger partial charge on any atom is -0.393 e. The zero-order valence-corrected chi connectivity index (χ0v) is 19.4. The molecule has 0 bridgehead atoms. The van der Waals surface area contributed by atoms with E-state index in [9.17, 15) is 13.6 Å². The van der Waals surface area contributed by atoms with E-state index in [-0.39, 0.29) is 41.3 Å². The first kappa shape index (κ1) is 25.2. The van der Waals surface area contributed by atoms with Gasteiger partial charge in [-0.1, -0.05) is 0 Å². The van der Waals surface area contributed by atoms with Gasteiger partial charge in [0, 0.05) is 81.1 Å². The van der Waals surface area contributed by atoms with Gasteiger partial charge in [0.2, 0.25) is 0 Å². The Morgan fingerprint density at radius 2 is 1.94 bits per heavy atom. The highest BCUT2D eigenvalue weighted by atomic mass is 19.2. The van der Waals surface area contributed by atoms with Crippen molar-refractivity contribution >= 4 is 29.3 Å². The largest absolute Gasteiger partial charge is 0.393 e. The minimum atomic E-state index is -1.15. The SMILES string of the molecule is CN/C=C(\C=N)c1ccc(NC(=N)C2=C(NC3CCOCC3)CCN(C(=O)NC)C2)c(F)c1F. The Bertz CT molecular complexity index is 1000. The van der Waals surface area contributed by atoms with E-state index in [0.717, 1.165) is 24.8 Å². The zero-order chi connectivity index (χ0) is 24.7. The maximum atomic E-state index is 14.9. The predicted molar refractivity (Wildman–Crippen MR) is 128 cm³/mol. The molecule has 9 nitrogen and oxygen atoms in total. The lowest BCUT2D eigenvalue weighted by molar-refractivity contribution is 0.0798.